The molecular weight excluding hydrogens is 324 g/mol. The Balaban J connectivity index is 1.42. The van der Waals surface area contributed by atoms with Gasteiger partial charge in [0, 0.05) is 37.7 Å². The predicted molar refractivity (Wildman–Crippen MR) is 104 cm³/mol. The Bertz CT molecular complexity index is 614. The van der Waals surface area contributed by atoms with E-state index in [-0.39, 0.29) is 5.60 Å². The number of nitrogens with zero attached hydrogens (tertiary/aromatic N) is 2. The molecule has 0 aromatic heterocycles. The van der Waals surface area contributed by atoms with Crippen molar-refractivity contribution in [2.24, 2.45) is 5.92 Å². The zero-order valence-corrected chi connectivity index (χ0v) is 16.3. The fraction of sp³-hybridized carbons (Fsp3) is 0.727. The highest BCUT2D eigenvalue weighted by atomic mass is 16.5. The van der Waals surface area contributed by atoms with E-state index < -0.39 is 0 Å². The molecule has 0 radical (unpaired) electrons. The number of hydrogen-bond acceptors (Lipinski definition) is 4. The highest BCUT2D eigenvalue weighted by Crippen LogP contribution is 2.40. The van der Waals surface area contributed by atoms with Crippen molar-refractivity contribution in [2.45, 2.75) is 63.6 Å². The molecule has 0 amide bonds. The third-order valence-corrected chi connectivity index (χ3v) is 6.86. The second-order valence-corrected chi connectivity index (χ2v) is 8.66. The van der Waals surface area contributed by atoms with Gasteiger partial charge in [-0.2, -0.15) is 0 Å². The molecule has 1 saturated carbocycles. The van der Waals surface area contributed by atoms with Crippen molar-refractivity contribution < 1.29 is 9.84 Å². The van der Waals surface area contributed by atoms with Crippen LogP contribution >= 0.6 is 0 Å². The van der Waals surface area contributed by atoms with E-state index >= 15 is 0 Å². The van der Waals surface area contributed by atoms with Crippen LogP contribution in [0.4, 0.5) is 0 Å². The van der Waals surface area contributed by atoms with E-state index in [4.69, 9.17) is 4.74 Å². The van der Waals surface area contributed by atoms with Gasteiger partial charge in [-0.3, -0.25) is 9.80 Å². The summed E-state index contributed by atoms with van der Waals surface area (Å²) < 4.78 is 5.61. The minimum atomic E-state index is -0.379. The lowest BCUT2D eigenvalue weighted by atomic mass is 9.71. The summed E-state index contributed by atoms with van der Waals surface area (Å²) in [6, 6.07) is 6.70. The zero-order chi connectivity index (χ0) is 18.0. The van der Waals surface area contributed by atoms with Crippen LogP contribution in [-0.4, -0.2) is 53.8 Å². The van der Waals surface area contributed by atoms with Crippen LogP contribution in [0.15, 0.2) is 18.2 Å². The quantitative estimate of drug-likeness (QED) is 0.875. The minimum Gasteiger partial charge on any atom is -0.496 e. The van der Waals surface area contributed by atoms with Gasteiger partial charge in [0.25, 0.3) is 0 Å². The largest absolute Gasteiger partial charge is 0.496 e. The average Bonchev–Trinajstić information content (AvgIpc) is 3.15. The molecular formula is C22H34N2O2. The molecule has 4 rings (SSSR count). The number of ether oxygens (including phenoxy) is 1. The molecule has 4 nitrogen and oxygen atoms in total. The van der Waals surface area contributed by atoms with Crippen molar-refractivity contribution in [1.29, 1.82) is 0 Å². The third kappa shape index (κ3) is 3.92. The first-order valence-electron chi connectivity index (χ1n) is 10.5. The van der Waals surface area contributed by atoms with Gasteiger partial charge in [0.05, 0.1) is 12.7 Å². The van der Waals surface area contributed by atoms with Crippen molar-refractivity contribution in [1.82, 2.24) is 9.80 Å². The van der Waals surface area contributed by atoms with Crippen molar-refractivity contribution in [2.75, 3.05) is 33.3 Å². The first-order valence-corrected chi connectivity index (χ1v) is 10.5. The molecule has 0 unspecified atom stereocenters. The summed E-state index contributed by atoms with van der Waals surface area (Å²) in [6.07, 6.45) is 8.26. The van der Waals surface area contributed by atoms with Crippen molar-refractivity contribution in [3.8, 4) is 5.75 Å². The number of benzene rings is 1. The SMILES string of the molecule is COc1ccc(CN2CC[C@@]3(O)CCCC[C@H]3C2)cc1CN1CCCC1. The van der Waals surface area contributed by atoms with E-state index in [0.29, 0.717) is 5.92 Å². The Labute approximate surface area is 158 Å². The molecule has 2 saturated heterocycles. The van der Waals surface area contributed by atoms with Gasteiger partial charge in [-0.25, -0.2) is 0 Å². The van der Waals surface area contributed by atoms with Crippen molar-refractivity contribution in [3.63, 3.8) is 0 Å². The maximum Gasteiger partial charge on any atom is 0.123 e. The minimum absolute atomic E-state index is 0.379. The van der Waals surface area contributed by atoms with Gasteiger partial charge in [-0.15, -0.1) is 0 Å². The van der Waals surface area contributed by atoms with Crippen LogP contribution < -0.4 is 4.74 Å². The standard InChI is InChI=1S/C22H34N2O2/c1-26-21-8-7-18(14-19(21)16-23-11-4-5-12-23)15-24-13-10-22(25)9-3-2-6-20(22)17-24/h7-8,14,20,25H,2-6,9-13,15-17H2,1H3/t20-,22-/m0/s1. The van der Waals surface area contributed by atoms with E-state index in [9.17, 15) is 5.11 Å². The number of likely N-dealkylation sites (tertiary alicyclic amines) is 2. The Morgan fingerprint density at radius 2 is 1.88 bits per heavy atom. The fourth-order valence-corrected chi connectivity index (χ4v) is 5.28. The Morgan fingerprint density at radius 1 is 1.04 bits per heavy atom. The van der Waals surface area contributed by atoms with Crippen LogP contribution in [-0.2, 0) is 13.1 Å². The Kier molecular flexibility index (Phi) is 5.53. The summed E-state index contributed by atoms with van der Waals surface area (Å²) in [6.45, 7) is 6.47. The van der Waals surface area contributed by atoms with E-state index in [1.54, 1.807) is 7.11 Å². The van der Waals surface area contributed by atoms with Crippen LogP contribution in [0.1, 0.15) is 56.1 Å². The number of methoxy groups -OCH3 is 1. The number of hydrogen-bond donors (Lipinski definition) is 1. The van der Waals surface area contributed by atoms with Gasteiger partial charge >= 0.3 is 0 Å². The second-order valence-electron chi connectivity index (χ2n) is 8.66. The van der Waals surface area contributed by atoms with Gasteiger partial charge in [0.1, 0.15) is 5.75 Å². The Hall–Kier alpha value is -1.10. The number of piperidine rings is 1. The molecule has 3 aliphatic rings. The summed E-state index contributed by atoms with van der Waals surface area (Å²) >= 11 is 0. The highest BCUT2D eigenvalue weighted by Gasteiger charge is 2.42. The lowest BCUT2D eigenvalue weighted by molar-refractivity contribution is -0.0967. The average molecular weight is 359 g/mol. The van der Waals surface area contributed by atoms with Crippen molar-refractivity contribution >= 4 is 0 Å². The second kappa shape index (κ2) is 7.87. The molecule has 1 aromatic rings. The maximum absolute atomic E-state index is 10.9. The summed E-state index contributed by atoms with van der Waals surface area (Å²) in [5.74, 6) is 1.48. The lowest BCUT2D eigenvalue weighted by Crippen LogP contribution is -2.52. The van der Waals surface area contributed by atoms with Crippen LogP contribution in [0.5, 0.6) is 5.75 Å². The number of rotatable bonds is 5. The van der Waals surface area contributed by atoms with Gasteiger partial charge in [0.2, 0.25) is 0 Å². The van der Waals surface area contributed by atoms with E-state index in [1.165, 1.54) is 56.3 Å². The smallest absolute Gasteiger partial charge is 0.123 e. The van der Waals surface area contributed by atoms with E-state index in [1.807, 2.05) is 0 Å². The van der Waals surface area contributed by atoms with Crippen LogP contribution in [0.2, 0.25) is 0 Å². The van der Waals surface area contributed by atoms with Crippen LogP contribution in [0, 0.1) is 5.92 Å². The Morgan fingerprint density at radius 3 is 2.69 bits per heavy atom. The first kappa shape index (κ1) is 18.3. The molecule has 26 heavy (non-hydrogen) atoms. The molecule has 2 aliphatic heterocycles. The van der Waals surface area contributed by atoms with Gasteiger partial charge in [-0.05, 0) is 62.9 Å². The van der Waals surface area contributed by atoms with Crippen LogP contribution in [0.3, 0.4) is 0 Å². The highest BCUT2D eigenvalue weighted by molar-refractivity contribution is 5.37. The van der Waals surface area contributed by atoms with E-state index in [0.717, 1.165) is 44.8 Å². The maximum atomic E-state index is 10.9. The summed E-state index contributed by atoms with van der Waals surface area (Å²) in [5, 5.41) is 10.9. The fourth-order valence-electron chi connectivity index (χ4n) is 5.28. The molecule has 0 spiro atoms. The molecule has 4 heteroatoms. The van der Waals surface area contributed by atoms with Crippen molar-refractivity contribution in [3.05, 3.63) is 29.3 Å². The van der Waals surface area contributed by atoms with E-state index in [2.05, 4.69) is 28.0 Å². The molecule has 2 heterocycles. The first-order chi connectivity index (χ1) is 12.7. The molecule has 2 atom stereocenters. The topological polar surface area (TPSA) is 35.9 Å². The molecule has 3 fully saturated rings. The molecule has 1 aliphatic carbocycles. The molecule has 1 N–H and O–H groups in total. The van der Waals surface area contributed by atoms with Gasteiger partial charge in [-0.1, -0.05) is 18.9 Å². The van der Waals surface area contributed by atoms with Gasteiger partial charge in [0.15, 0.2) is 0 Å². The zero-order valence-electron chi connectivity index (χ0n) is 16.3. The predicted octanol–water partition coefficient (Wildman–Crippen LogP) is 3.42. The van der Waals surface area contributed by atoms with Crippen LogP contribution in [0.25, 0.3) is 0 Å². The van der Waals surface area contributed by atoms with Gasteiger partial charge < -0.3 is 9.84 Å². The molecule has 1 aromatic carbocycles. The normalized spacial score (nSPS) is 30.3. The summed E-state index contributed by atoms with van der Waals surface area (Å²) in [5.41, 5.74) is 2.31. The molecule has 144 valence electrons. The monoisotopic (exact) mass is 358 g/mol. The third-order valence-electron chi connectivity index (χ3n) is 6.86. The molecule has 0 bridgehead atoms. The summed E-state index contributed by atoms with van der Waals surface area (Å²) in [7, 11) is 1.77. The number of fused-ring (bicyclic) bond motifs is 1. The number of aliphatic hydroxyl groups is 1. The lowest BCUT2D eigenvalue weighted by Gasteiger charge is -2.47. The summed E-state index contributed by atoms with van der Waals surface area (Å²) in [4.78, 5) is 5.08.